The van der Waals surface area contributed by atoms with Crippen LogP contribution in [-0.4, -0.2) is 5.78 Å². The van der Waals surface area contributed by atoms with E-state index in [4.69, 9.17) is 0 Å². The second-order valence-electron chi connectivity index (χ2n) is 5.60. The van der Waals surface area contributed by atoms with Gasteiger partial charge < -0.3 is 0 Å². The first-order valence-electron chi connectivity index (χ1n) is 7.18. The first kappa shape index (κ1) is 13.9. The van der Waals surface area contributed by atoms with Crippen LogP contribution in [0.15, 0.2) is 36.4 Å². The van der Waals surface area contributed by atoms with Gasteiger partial charge in [0, 0.05) is 12.8 Å². The van der Waals surface area contributed by atoms with Crippen LogP contribution < -0.4 is 0 Å². The third-order valence-corrected chi connectivity index (χ3v) is 3.95. The molecule has 0 N–H and O–H groups in total. The first-order valence-corrected chi connectivity index (χ1v) is 7.18. The molecular formula is C18H16F2O. The summed E-state index contributed by atoms with van der Waals surface area (Å²) in [5.74, 6) is -1.78. The van der Waals surface area contributed by atoms with Crippen LogP contribution in [0.25, 0.3) is 0 Å². The lowest BCUT2D eigenvalue weighted by Crippen LogP contribution is -2.07. The second kappa shape index (κ2) is 5.76. The number of ketones is 1. The largest absolute Gasteiger partial charge is 0.299 e. The Kier molecular flexibility index (Phi) is 3.82. The minimum Gasteiger partial charge on any atom is -0.299 e. The molecule has 0 spiro atoms. The standard InChI is InChI=1S/C18H16F2O/c19-17-7-5-13(11-18(17)20)10-16(21)9-12-4-6-14-2-1-3-15(14)8-12/h4-8,11H,1-3,9-10H2. The Labute approximate surface area is 122 Å². The Morgan fingerprint density at radius 2 is 1.52 bits per heavy atom. The molecule has 0 unspecified atom stereocenters. The number of halogens is 2. The van der Waals surface area contributed by atoms with Crippen molar-refractivity contribution in [3.8, 4) is 0 Å². The van der Waals surface area contributed by atoms with Crippen molar-refractivity contribution in [2.24, 2.45) is 0 Å². The predicted octanol–water partition coefficient (Wildman–Crippen LogP) is 3.81. The molecule has 0 heterocycles. The molecule has 0 aliphatic heterocycles. The van der Waals surface area contributed by atoms with Gasteiger partial charge in [-0.25, -0.2) is 8.78 Å². The Morgan fingerprint density at radius 3 is 2.29 bits per heavy atom. The number of benzene rings is 2. The van der Waals surface area contributed by atoms with Crippen molar-refractivity contribution in [1.29, 1.82) is 0 Å². The molecule has 1 aliphatic carbocycles. The summed E-state index contributed by atoms with van der Waals surface area (Å²) in [6.07, 6.45) is 3.86. The molecule has 0 aromatic heterocycles. The van der Waals surface area contributed by atoms with Gasteiger partial charge in [0.25, 0.3) is 0 Å². The van der Waals surface area contributed by atoms with Crippen molar-refractivity contribution in [3.05, 3.63) is 70.3 Å². The summed E-state index contributed by atoms with van der Waals surface area (Å²) in [4.78, 5) is 12.1. The topological polar surface area (TPSA) is 17.1 Å². The number of carbonyl (C=O) groups excluding carboxylic acids is 1. The van der Waals surface area contributed by atoms with E-state index in [0.717, 1.165) is 30.5 Å². The highest BCUT2D eigenvalue weighted by atomic mass is 19.2. The van der Waals surface area contributed by atoms with Gasteiger partial charge in [-0.15, -0.1) is 0 Å². The Morgan fingerprint density at radius 1 is 0.857 bits per heavy atom. The van der Waals surface area contributed by atoms with Crippen LogP contribution in [0.2, 0.25) is 0 Å². The summed E-state index contributed by atoms with van der Waals surface area (Å²) in [6.45, 7) is 0. The molecular weight excluding hydrogens is 270 g/mol. The molecule has 0 saturated heterocycles. The second-order valence-corrected chi connectivity index (χ2v) is 5.60. The van der Waals surface area contributed by atoms with E-state index in [1.54, 1.807) is 0 Å². The van der Waals surface area contributed by atoms with E-state index < -0.39 is 11.6 Å². The molecule has 21 heavy (non-hydrogen) atoms. The lowest BCUT2D eigenvalue weighted by atomic mass is 9.99. The molecule has 1 nitrogen and oxygen atoms in total. The fourth-order valence-corrected chi connectivity index (χ4v) is 2.90. The minimum absolute atomic E-state index is 0.0129. The van der Waals surface area contributed by atoms with Crippen LogP contribution in [0.3, 0.4) is 0 Å². The molecule has 0 bridgehead atoms. The third kappa shape index (κ3) is 3.18. The molecule has 3 rings (SSSR count). The average molecular weight is 286 g/mol. The van der Waals surface area contributed by atoms with Crippen LogP contribution in [-0.2, 0) is 30.5 Å². The van der Waals surface area contributed by atoms with Gasteiger partial charge in [-0.3, -0.25) is 4.79 Å². The Bertz CT molecular complexity index is 692. The van der Waals surface area contributed by atoms with E-state index in [2.05, 4.69) is 12.1 Å². The maximum Gasteiger partial charge on any atom is 0.159 e. The van der Waals surface area contributed by atoms with Crippen molar-refractivity contribution in [2.45, 2.75) is 32.1 Å². The average Bonchev–Trinajstić information content (AvgIpc) is 2.90. The van der Waals surface area contributed by atoms with E-state index in [-0.39, 0.29) is 12.2 Å². The number of aryl methyl sites for hydroxylation is 2. The lowest BCUT2D eigenvalue weighted by Gasteiger charge is -2.05. The van der Waals surface area contributed by atoms with Crippen LogP contribution >= 0.6 is 0 Å². The normalized spacial score (nSPS) is 13.2. The van der Waals surface area contributed by atoms with Crippen molar-refractivity contribution in [2.75, 3.05) is 0 Å². The van der Waals surface area contributed by atoms with Crippen LogP contribution in [0.1, 0.15) is 28.7 Å². The molecule has 0 atom stereocenters. The van der Waals surface area contributed by atoms with Gasteiger partial charge in [-0.2, -0.15) is 0 Å². The molecule has 108 valence electrons. The highest BCUT2D eigenvalue weighted by Crippen LogP contribution is 2.23. The number of Topliss-reactive ketones (excluding diaryl/α,β-unsaturated/α-hetero) is 1. The zero-order valence-corrected chi connectivity index (χ0v) is 11.7. The van der Waals surface area contributed by atoms with Gasteiger partial charge in [-0.05, 0) is 53.6 Å². The molecule has 3 heteroatoms. The van der Waals surface area contributed by atoms with Crippen molar-refractivity contribution in [3.63, 3.8) is 0 Å². The molecule has 2 aromatic carbocycles. The minimum atomic E-state index is -0.905. The third-order valence-electron chi connectivity index (χ3n) is 3.95. The molecule has 1 aliphatic rings. The maximum atomic E-state index is 13.1. The van der Waals surface area contributed by atoms with Gasteiger partial charge in [0.15, 0.2) is 11.6 Å². The van der Waals surface area contributed by atoms with Crippen LogP contribution in [0, 0.1) is 11.6 Å². The summed E-state index contributed by atoms with van der Waals surface area (Å²) in [5.41, 5.74) is 4.24. The zero-order chi connectivity index (χ0) is 14.8. The molecule has 0 fully saturated rings. The number of rotatable bonds is 4. The highest BCUT2D eigenvalue weighted by Gasteiger charge is 2.13. The van der Waals surface area contributed by atoms with Gasteiger partial charge in [0.1, 0.15) is 5.78 Å². The van der Waals surface area contributed by atoms with Crippen LogP contribution in [0.4, 0.5) is 8.78 Å². The van der Waals surface area contributed by atoms with E-state index in [1.807, 2.05) is 6.07 Å². The predicted molar refractivity (Wildman–Crippen MR) is 77.2 cm³/mol. The van der Waals surface area contributed by atoms with E-state index in [0.29, 0.717) is 12.0 Å². The first-order chi connectivity index (χ1) is 10.1. The lowest BCUT2D eigenvalue weighted by molar-refractivity contribution is -0.117. The fourth-order valence-electron chi connectivity index (χ4n) is 2.90. The summed E-state index contributed by atoms with van der Waals surface area (Å²) in [5, 5.41) is 0. The Hall–Kier alpha value is -2.03. The SMILES string of the molecule is O=C(Cc1ccc(F)c(F)c1)Cc1ccc2c(c1)CCC2. The van der Waals surface area contributed by atoms with Gasteiger partial charge in [0.05, 0.1) is 0 Å². The number of fused-ring (bicyclic) bond motifs is 1. The highest BCUT2D eigenvalue weighted by molar-refractivity contribution is 5.83. The molecule has 2 aromatic rings. The summed E-state index contributed by atoms with van der Waals surface area (Å²) in [7, 11) is 0. The number of carbonyl (C=O) groups is 1. The maximum absolute atomic E-state index is 13.1. The fraction of sp³-hybridized carbons (Fsp3) is 0.278. The number of hydrogen-bond acceptors (Lipinski definition) is 1. The summed E-state index contributed by atoms with van der Waals surface area (Å²) < 4.78 is 26.0. The van der Waals surface area contributed by atoms with Crippen molar-refractivity contribution >= 4 is 5.78 Å². The summed E-state index contributed by atoms with van der Waals surface area (Å²) in [6, 6.07) is 9.81. The number of hydrogen-bond donors (Lipinski definition) is 0. The zero-order valence-electron chi connectivity index (χ0n) is 11.7. The molecule has 0 amide bonds. The molecule has 0 saturated carbocycles. The monoisotopic (exact) mass is 286 g/mol. The summed E-state index contributed by atoms with van der Waals surface area (Å²) >= 11 is 0. The van der Waals surface area contributed by atoms with Crippen molar-refractivity contribution < 1.29 is 13.6 Å². The van der Waals surface area contributed by atoms with Crippen molar-refractivity contribution in [1.82, 2.24) is 0 Å². The van der Waals surface area contributed by atoms with Gasteiger partial charge in [-0.1, -0.05) is 24.3 Å². The van der Waals surface area contributed by atoms with E-state index in [9.17, 15) is 13.6 Å². The van der Waals surface area contributed by atoms with Gasteiger partial charge >= 0.3 is 0 Å². The van der Waals surface area contributed by atoms with E-state index >= 15 is 0 Å². The Balaban J connectivity index is 1.67. The van der Waals surface area contributed by atoms with E-state index in [1.165, 1.54) is 23.6 Å². The van der Waals surface area contributed by atoms with Gasteiger partial charge in [0.2, 0.25) is 0 Å². The van der Waals surface area contributed by atoms with Crippen LogP contribution in [0.5, 0.6) is 0 Å². The quantitative estimate of drug-likeness (QED) is 0.835. The smallest absolute Gasteiger partial charge is 0.159 e. The molecule has 0 radical (unpaired) electrons.